The van der Waals surface area contributed by atoms with Gasteiger partial charge in [-0.3, -0.25) is 9.59 Å². The number of carbonyl (C=O) groups is 2. The van der Waals surface area contributed by atoms with Crippen LogP contribution >= 0.6 is 0 Å². The molecular weight excluding hydrogens is 513 g/mol. The Bertz CT molecular complexity index is 1290. The Labute approximate surface area is 203 Å². The highest BCUT2D eigenvalue weighted by Crippen LogP contribution is 2.38. The van der Waals surface area contributed by atoms with Gasteiger partial charge in [-0.1, -0.05) is 24.3 Å². The number of rotatable bonds is 8. The topological polar surface area (TPSA) is 105 Å². The zero-order chi connectivity index (χ0) is 27.1. The van der Waals surface area contributed by atoms with Crippen molar-refractivity contribution in [1.82, 2.24) is 14.9 Å². The van der Waals surface area contributed by atoms with E-state index in [2.05, 4.69) is 5.32 Å². The minimum Gasteiger partial charge on any atom is -0.367 e. The highest BCUT2D eigenvalue weighted by Gasteiger charge is 2.55. The number of carbonyl (C=O) groups excluding carboxylic acids is 2. The van der Waals surface area contributed by atoms with E-state index in [9.17, 15) is 40.0 Å². The molecule has 1 aliphatic rings. The molecule has 2 aromatic carbocycles. The summed E-state index contributed by atoms with van der Waals surface area (Å²) in [7, 11) is -1.96. The predicted octanol–water partition coefficient (Wildman–Crippen LogP) is 3.21. The zero-order valence-electron chi connectivity index (χ0n) is 19.2. The van der Waals surface area contributed by atoms with E-state index in [0.29, 0.717) is 0 Å². The average Bonchev–Trinajstić information content (AvgIpc) is 3.54. The second-order valence-corrected chi connectivity index (χ2v) is 10.2. The summed E-state index contributed by atoms with van der Waals surface area (Å²) in [5, 5.41) is 4.06. The number of benzene rings is 2. The van der Waals surface area contributed by atoms with Gasteiger partial charge in [0.05, 0.1) is 6.04 Å². The van der Waals surface area contributed by atoms with Crippen molar-refractivity contribution in [2.75, 3.05) is 14.1 Å². The van der Waals surface area contributed by atoms with Crippen LogP contribution in [0.2, 0.25) is 0 Å². The highest BCUT2D eigenvalue weighted by atomic mass is 32.2. The second-order valence-electron chi connectivity index (χ2n) is 8.41. The summed E-state index contributed by atoms with van der Waals surface area (Å²) in [4.78, 5) is 23.7. The number of alkyl halides is 3. The van der Waals surface area contributed by atoms with Crippen molar-refractivity contribution in [2.45, 2.75) is 37.5 Å². The van der Waals surface area contributed by atoms with Crippen LogP contribution in [-0.4, -0.2) is 50.3 Å². The Kier molecular flexibility index (Phi) is 7.33. The number of amides is 2. The SMILES string of the molecule is CC(NC(=O)C1(NC(=O)C(F)(F)F)CC1)c1ccc(-c2cccc(F)c2OS(=O)(=O)N(C)C)cc1F. The van der Waals surface area contributed by atoms with E-state index >= 15 is 0 Å². The Morgan fingerprint density at radius 2 is 1.72 bits per heavy atom. The van der Waals surface area contributed by atoms with E-state index in [4.69, 9.17) is 4.18 Å². The Balaban J connectivity index is 1.82. The molecule has 8 nitrogen and oxygen atoms in total. The number of para-hydroxylation sites is 1. The molecule has 0 aliphatic heterocycles. The standard InChI is InChI=1S/C22H22F5N3O5S/c1-12(28-19(31)21(9-10-21)29-20(32)22(25,26)27)14-8-7-13(11-17(14)24)15-5-4-6-16(23)18(15)35-36(33,34)30(2)3/h4-8,11-12H,9-10H2,1-3H3,(H,28,31)(H,29,32). The third-order valence-corrected chi connectivity index (χ3v) is 6.80. The molecule has 1 unspecified atom stereocenters. The van der Waals surface area contributed by atoms with E-state index in [1.54, 1.807) is 5.32 Å². The molecule has 0 aromatic heterocycles. The van der Waals surface area contributed by atoms with Crippen LogP contribution < -0.4 is 14.8 Å². The predicted molar refractivity (Wildman–Crippen MR) is 118 cm³/mol. The highest BCUT2D eigenvalue weighted by molar-refractivity contribution is 7.84. The molecule has 0 spiro atoms. The van der Waals surface area contributed by atoms with Gasteiger partial charge >= 0.3 is 22.4 Å². The van der Waals surface area contributed by atoms with Crippen molar-refractivity contribution in [3.63, 3.8) is 0 Å². The average molecular weight is 535 g/mol. The van der Waals surface area contributed by atoms with Gasteiger partial charge in [-0.25, -0.2) is 8.78 Å². The smallest absolute Gasteiger partial charge is 0.367 e. The van der Waals surface area contributed by atoms with Gasteiger partial charge in [0.15, 0.2) is 11.6 Å². The summed E-state index contributed by atoms with van der Waals surface area (Å²) in [5.41, 5.74) is -1.77. The van der Waals surface area contributed by atoms with Gasteiger partial charge in [0, 0.05) is 25.2 Å². The lowest BCUT2D eigenvalue weighted by molar-refractivity contribution is -0.175. The van der Waals surface area contributed by atoms with E-state index in [-0.39, 0.29) is 29.5 Å². The number of nitrogens with one attached hydrogen (secondary N) is 2. The first kappa shape index (κ1) is 27.3. The first-order valence-electron chi connectivity index (χ1n) is 10.5. The molecule has 0 radical (unpaired) electrons. The Morgan fingerprint density at radius 1 is 1.08 bits per heavy atom. The molecule has 0 saturated heterocycles. The van der Waals surface area contributed by atoms with Crippen LogP contribution in [-0.2, 0) is 19.9 Å². The van der Waals surface area contributed by atoms with Crippen molar-refractivity contribution in [1.29, 1.82) is 0 Å². The molecule has 1 aliphatic carbocycles. The Hall–Kier alpha value is -3.26. The van der Waals surface area contributed by atoms with Gasteiger partial charge in [-0.05, 0) is 37.5 Å². The third-order valence-electron chi connectivity index (χ3n) is 5.52. The zero-order valence-corrected chi connectivity index (χ0v) is 20.1. The molecule has 0 bridgehead atoms. The lowest BCUT2D eigenvalue weighted by Gasteiger charge is -2.22. The van der Waals surface area contributed by atoms with Crippen LogP contribution in [0.15, 0.2) is 36.4 Å². The molecule has 2 N–H and O–H groups in total. The van der Waals surface area contributed by atoms with Crippen LogP contribution in [0.5, 0.6) is 5.75 Å². The molecule has 1 saturated carbocycles. The minimum absolute atomic E-state index is 0.00695. The lowest BCUT2D eigenvalue weighted by atomic mass is 9.99. The van der Waals surface area contributed by atoms with Crippen LogP contribution in [0.4, 0.5) is 22.0 Å². The van der Waals surface area contributed by atoms with Crippen molar-refractivity contribution in [2.24, 2.45) is 0 Å². The van der Waals surface area contributed by atoms with Crippen molar-refractivity contribution >= 4 is 22.1 Å². The van der Waals surface area contributed by atoms with Gasteiger partial charge in [0.1, 0.15) is 11.4 Å². The van der Waals surface area contributed by atoms with E-state index in [1.807, 2.05) is 0 Å². The molecule has 36 heavy (non-hydrogen) atoms. The largest absolute Gasteiger partial charge is 0.471 e. The molecule has 1 atom stereocenters. The normalized spacial score (nSPS) is 15.8. The number of hydrogen-bond donors (Lipinski definition) is 2. The van der Waals surface area contributed by atoms with Crippen molar-refractivity contribution < 1.29 is 44.1 Å². The van der Waals surface area contributed by atoms with Gasteiger partial charge in [-0.15, -0.1) is 0 Å². The number of nitrogens with zero attached hydrogens (tertiary/aromatic N) is 1. The number of hydrogen-bond acceptors (Lipinski definition) is 5. The van der Waals surface area contributed by atoms with Gasteiger partial charge < -0.3 is 14.8 Å². The van der Waals surface area contributed by atoms with Crippen molar-refractivity contribution in [3.8, 4) is 16.9 Å². The van der Waals surface area contributed by atoms with Gasteiger partial charge in [-0.2, -0.15) is 25.9 Å². The molecule has 2 amide bonds. The summed E-state index contributed by atoms with van der Waals surface area (Å²) in [6, 6.07) is 6.12. The molecule has 3 rings (SSSR count). The van der Waals surface area contributed by atoms with E-state index in [0.717, 1.165) is 16.4 Å². The fourth-order valence-electron chi connectivity index (χ4n) is 3.28. The summed E-state index contributed by atoms with van der Waals surface area (Å²) in [5.74, 6) is -5.65. The van der Waals surface area contributed by atoms with Crippen LogP contribution in [0, 0.1) is 11.6 Å². The quantitative estimate of drug-likeness (QED) is 0.506. The maximum atomic E-state index is 15.0. The molecule has 2 aromatic rings. The first-order chi connectivity index (χ1) is 16.6. The van der Waals surface area contributed by atoms with Crippen LogP contribution in [0.25, 0.3) is 11.1 Å². The minimum atomic E-state index is -5.16. The fraction of sp³-hybridized carbons (Fsp3) is 0.364. The monoisotopic (exact) mass is 535 g/mol. The maximum absolute atomic E-state index is 15.0. The maximum Gasteiger partial charge on any atom is 0.471 e. The lowest BCUT2D eigenvalue weighted by Crippen LogP contribution is -2.53. The van der Waals surface area contributed by atoms with Crippen molar-refractivity contribution in [3.05, 3.63) is 53.6 Å². The summed E-state index contributed by atoms with van der Waals surface area (Å²) in [6.45, 7) is 1.39. The molecular formula is C22H22F5N3O5S. The van der Waals surface area contributed by atoms with E-state index in [1.165, 1.54) is 45.3 Å². The fourth-order valence-corrected chi connectivity index (χ4v) is 3.81. The molecule has 14 heteroatoms. The number of halogens is 5. The van der Waals surface area contributed by atoms with Crippen LogP contribution in [0.3, 0.4) is 0 Å². The second kappa shape index (κ2) is 9.65. The molecule has 0 heterocycles. The summed E-state index contributed by atoms with van der Waals surface area (Å²) < 4.78 is 96.8. The van der Waals surface area contributed by atoms with E-state index < -0.39 is 57.3 Å². The van der Waals surface area contributed by atoms with Gasteiger partial charge in [0.25, 0.3) is 0 Å². The first-order valence-corrected chi connectivity index (χ1v) is 11.8. The molecule has 1 fully saturated rings. The summed E-state index contributed by atoms with van der Waals surface area (Å²) >= 11 is 0. The third kappa shape index (κ3) is 5.75. The van der Waals surface area contributed by atoms with Crippen LogP contribution in [0.1, 0.15) is 31.4 Å². The summed E-state index contributed by atoms with van der Waals surface area (Å²) in [6.07, 6.45) is -5.17. The van der Waals surface area contributed by atoms with Gasteiger partial charge in [0.2, 0.25) is 5.91 Å². The molecule has 196 valence electrons. The Morgan fingerprint density at radius 3 is 2.25 bits per heavy atom.